The highest BCUT2D eigenvalue weighted by Gasteiger charge is 2.23. The van der Waals surface area contributed by atoms with Gasteiger partial charge in [0.2, 0.25) is 15.9 Å². The molecule has 162 valence electrons. The minimum absolute atomic E-state index is 0.193. The third kappa shape index (κ3) is 6.17. The third-order valence-electron chi connectivity index (χ3n) is 5.51. The van der Waals surface area contributed by atoms with Gasteiger partial charge in [-0.2, -0.15) is 4.31 Å². The van der Waals surface area contributed by atoms with Crippen LogP contribution in [0.2, 0.25) is 0 Å². The Morgan fingerprint density at radius 3 is 2.52 bits per heavy atom. The topological polar surface area (TPSA) is 70.2 Å². The number of amides is 1. The minimum atomic E-state index is -3.27. The Labute approximate surface area is 174 Å². The van der Waals surface area contributed by atoms with E-state index in [1.165, 1.54) is 10.6 Å². The van der Waals surface area contributed by atoms with Gasteiger partial charge in [-0.05, 0) is 24.0 Å². The summed E-state index contributed by atoms with van der Waals surface area (Å²) in [6.45, 7) is 10.0. The van der Waals surface area contributed by atoms with E-state index in [9.17, 15) is 13.2 Å². The summed E-state index contributed by atoms with van der Waals surface area (Å²) >= 11 is 0. The molecule has 1 fully saturated rings. The van der Waals surface area contributed by atoms with Crippen molar-refractivity contribution in [1.29, 1.82) is 0 Å². The number of nitrogens with zero attached hydrogens (tertiary/aromatic N) is 3. The molecule has 0 spiro atoms. The van der Waals surface area contributed by atoms with Crippen molar-refractivity contribution in [1.82, 2.24) is 14.1 Å². The highest BCUT2D eigenvalue weighted by molar-refractivity contribution is 7.88. The second-order valence-electron chi connectivity index (χ2n) is 8.46. The van der Waals surface area contributed by atoms with Crippen LogP contribution in [0.25, 0.3) is 0 Å². The van der Waals surface area contributed by atoms with Crippen molar-refractivity contribution in [3.05, 3.63) is 29.3 Å². The Hall–Kier alpha value is -1.64. The second kappa shape index (κ2) is 9.45. The van der Waals surface area contributed by atoms with Gasteiger partial charge in [-0.3, -0.25) is 9.69 Å². The fourth-order valence-electron chi connectivity index (χ4n) is 3.97. The normalized spacial score (nSPS) is 19.0. The maximum atomic E-state index is 12.6. The molecule has 8 heteroatoms. The smallest absolute Gasteiger partial charge is 0.222 e. The number of benzene rings is 1. The number of ether oxygens (including phenoxy) is 1. The summed E-state index contributed by atoms with van der Waals surface area (Å²) in [5.74, 6) is 1.57. The van der Waals surface area contributed by atoms with Gasteiger partial charge in [-0.25, -0.2) is 8.42 Å². The van der Waals surface area contributed by atoms with Gasteiger partial charge in [0.15, 0.2) is 0 Å². The minimum Gasteiger partial charge on any atom is -0.492 e. The average Bonchev–Trinajstić information content (AvgIpc) is 2.88. The third-order valence-corrected chi connectivity index (χ3v) is 6.76. The monoisotopic (exact) mass is 423 g/mol. The van der Waals surface area contributed by atoms with E-state index in [4.69, 9.17) is 4.74 Å². The number of hydrogen-bond acceptors (Lipinski definition) is 5. The summed E-state index contributed by atoms with van der Waals surface area (Å²) in [4.78, 5) is 17.0. The van der Waals surface area contributed by atoms with Gasteiger partial charge < -0.3 is 9.64 Å². The molecule has 0 radical (unpaired) electrons. The van der Waals surface area contributed by atoms with E-state index in [0.29, 0.717) is 38.5 Å². The Morgan fingerprint density at radius 2 is 1.86 bits per heavy atom. The fraction of sp³-hybridized carbons (Fsp3) is 0.667. The number of fused-ring (bicyclic) bond motifs is 1. The number of carbonyl (C=O) groups excluding carboxylic acids is 1. The molecule has 2 heterocycles. The van der Waals surface area contributed by atoms with E-state index in [0.717, 1.165) is 49.6 Å². The van der Waals surface area contributed by atoms with E-state index >= 15 is 0 Å². The standard InChI is InChI=1S/C21H33N3O4S/c1-17(2)15-22-8-10-23(11-9-22)21(25)7-5-18-4-6-20-19(14-18)16-24(12-13-28-20)29(3,26)27/h4,6,14,17H,5,7-13,15-16H2,1-3H3. The lowest BCUT2D eigenvalue weighted by atomic mass is 10.0. The molecule has 0 unspecified atom stereocenters. The van der Waals surface area contributed by atoms with E-state index in [1.54, 1.807) is 0 Å². The summed E-state index contributed by atoms with van der Waals surface area (Å²) < 4.78 is 31.0. The summed E-state index contributed by atoms with van der Waals surface area (Å²) in [5, 5.41) is 0. The van der Waals surface area contributed by atoms with Crippen LogP contribution >= 0.6 is 0 Å². The highest BCUT2D eigenvalue weighted by Crippen LogP contribution is 2.26. The SMILES string of the molecule is CC(C)CN1CCN(C(=O)CCc2ccc3c(c2)CN(S(C)(=O)=O)CCO3)CC1. The van der Waals surface area contributed by atoms with E-state index in [2.05, 4.69) is 18.7 Å². The summed E-state index contributed by atoms with van der Waals surface area (Å²) in [6.07, 6.45) is 2.35. The van der Waals surface area contributed by atoms with Crippen LogP contribution in [-0.4, -0.2) is 80.6 Å². The van der Waals surface area contributed by atoms with Gasteiger partial charge in [0.1, 0.15) is 12.4 Å². The van der Waals surface area contributed by atoms with E-state index in [1.807, 2.05) is 23.1 Å². The first-order valence-corrected chi connectivity index (χ1v) is 12.3. The van der Waals surface area contributed by atoms with Crippen molar-refractivity contribution in [2.75, 3.05) is 52.1 Å². The molecule has 0 bridgehead atoms. The number of carbonyl (C=O) groups is 1. The molecule has 0 N–H and O–H groups in total. The first-order chi connectivity index (χ1) is 13.7. The molecular formula is C21H33N3O4S. The molecule has 2 aliphatic rings. The Bertz CT molecular complexity index is 817. The van der Waals surface area contributed by atoms with Crippen LogP contribution in [0.3, 0.4) is 0 Å². The fourth-order valence-corrected chi connectivity index (χ4v) is 4.75. The van der Waals surface area contributed by atoms with Crippen molar-refractivity contribution >= 4 is 15.9 Å². The summed E-state index contributed by atoms with van der Waals surface area (Å²) in [7, 11) is -3.27. The van der Waals surface area contributed by atoms with E-state index in [-0.39, 0.29) is 5.91 Å². The molecule has 0 aliphatic carbocycles. The van der Waals surface area contributed by atoms with Gasteiger partial charge in [0.25, 0.3) is 0 Å². The zero-order valence-electron chi connectivity index (χ0n) is 17.8. The molecular weight excluding hydrogens is 390 g/mol. The predicted molar refractivity (Wildman–Crippen MR) is 113 cm³/mol. The number of hydrogen-bond donors (Lipinski definition) is 0. The second-order valence-corrected chi connectivity index (χ2v) is 10.4. The first-order valence-electron chi connectivity index (χ1n) is 10.4. The Morgan fingerprint density at radius 1 is 1.14 bits per heavy atom. The maximum Gasteiger partial charge on any atom is 0.222 e. The number of piperazine rings is 1. The van der Waals surface area contributed by atoms with Crippen molar-refractivity contribution in [2.45, 2.75) is 33.2 Å². The van der Waals surface area contributed by atoms with Crippen LogP contribution in [0, 0.1) is 5.92 Å². The largest absolute Gasteiger partial charge is 0.492 e. The van der Waals surface area contributed by atoms with Crippen LogP contribution in [0.5, 0.6) is 5.75 Å². The van der Waals surface area contributed by atoms with Crippen LogP contribution < -0.4 is 4.74 Å². The average molecular weight is 424 g/mol. The molecule has 29 heavy (non-hydrogen) atoms. The molecule has 0 aromatic heterocycles. The lowest BCUT2D eigenvalue weighted by Crippen LogP contribution is -2.49. The zero-order valence-corrected chi connectivity index (χ0v) is 18.6. The lowest BCUT2D eigenvalue weighted by Gasteiger charge is -2.35. The Kier molecular flexibility index (Phi) is 7.19. The quantitative estimate of drug-likeness (QED) is 0.695. The van der Waals surface area contributed by atoms with Gasteiger partial charge in [-0.15, -0.1) is 0 Å². The molecule has 1 saturated heterocycles. The molecule has 0 atom stereocenters. The molecule has 7 nitrogen and oxygen atoms in total. The van der Waals surface area contributed by atoms with Crippen molar-refractivity contribution in [3.63, 3.8) is 0 Å². The Balaban J connectivity index is 1.55. The first kappa shape index (κ1) is 22.1. The van der Waals surface area contributed by atoms with Crippen LogP contribution in [0.4, 0.5) is 0 Å². The molecule has 0 saturated carbocycles. The highest BCUT2D eigenvalue weighted by atomic mass is 32.2. The van der Waals surface area contributed by atoms with Crippen LogP contribution in [0.1, 0.15) is 31.4 Å². The predicted octanol–water partition coefficient (Wildman–Crippen LogP) is 1.57. The summed E-state index contributed by atoms with van der Waals surface area (Å²) in [5.41, 5.74) is 1.90. The number of rotatable bonds is 6. The number of aryl methyl sites for hydroxylation is 1. The molecule has 1 aromatic rings. The molecule has 1 aromatic carbocycles. The molecule has 3 rings (SSSR count). The maximum absolute atomic E-state index is 12.6. The van der Waals surface area contributed by atoms with Gasteiger partial charge in [-0.1, -0.05) is 26.0 Å². The summed E-state index contributed by atoms with van der Waals surface area (Å²) in [6, 6.07) is 5.85. The van der Waals surface area contributed by atoms with Crippen molar-refractivity contribution in [2.24, 2.45) is 5.92 Å². The van der Waals surface area contributed by atoms with Gasteiger partial charge in [0, 0.05) is 57.8 Å². The number of sulfonamides is 1. The van der Waals surface area contributed by atoms with Crippen LogP contribution in [0.15, 0.2) is 18.2 Å². The van der Waals surface area contributed by atoms with Crippen molar-refractivity contribution in [3.8, 4) is 5.75 Å². The van der Waals surface area contributed by atoms with Gasteiger partial charge in [0.05, 0.1) is 6.26 Å². The van der Waals surface area contributed by atoms with Gasteiger partial charge >= 0.3 is 0 Å². The lowest BCUT2D eigenvalue weighted by molar-refractivity contribution is -0.132. The van der Waals surface area contributed by atoms with Crippen molar-refractivity contribution < 1.29 is 17.9 Å². The van der Waals surface area contributed by atoms with E-state index < -0.39 is 10.0 Å². The zero-order chi connectivity index (χ0) is 21.0. The van der Waals surface area contributed by atoms with Crippen LogP contribution in [-0.2, 0) is 27.8 Å². The molecule has 1 amide bonds. The molecule has 2 aliphatic heterocycles.